The molecule has 18 heteroatoms. The van der Waals surface area contributed by atoms with Gasteiger partial charge in [-0.1, -0.05) is 75.2 Å². The van der Waals surface area contributed by atoms with Gasteiger partial charge in [0.2, 0.25) is 0 Å². The molecule has 6 aromatic carbocycles. The lowest BCUT2D eigenvalue weighted by Crippen LogP contribution is -2.30. The second-order valence-corrected chi connectivity index (χ2v) is 21.4. The number of hydrogen-bond acceptors (Lipinski definition) is 14. The summed E-state index contributed by atoms with van der Waals surface area (Å²) in [6.45, 7) is 5.14. The number of unbranched alkanes of at least 4 members (excludes halogenated alkanes) is 4. The normalized spacial score (nSPS) is 14.5. The predicted octanol–water partition coefficient (Wildman–Crippen LogP) is 10.3. The van der Waals surface area contributed by atoms with Crippen molar-refractivity contribution in [1.82, 2.24) is 9.80 Å². The quantitative estimate of drug-likeness (QED) is 0.0280. The van der Waals surface area contributed by atoms with Gasteiger partial charge in [0.15, 0.2) is 0 Å². The average molecular weight is 1150 g/mol. The molecule has 85 heavy (non-hydrogen) atoms. The lowest BCUT2D eigenvalue weighted by molar-refractivity contribution is -0.144. The van der Waals surface area contributed by atoms with Gasteiger partial charge in [-0.25, -0.2) is 9.80 Å². The van der Waals surface area contributed by atoms with E-state index in [-0.39, 0.29) is 83.9 Å². The number of benzene rings is 6. The summed E-state index contributed by atoms with van der Waals surface area (Å²) in [5, 5.41) is 0. The Morgan fingerprint density at radius 2 is 0.729 bits per heavy atom. The standard InChI is InChI=1S/C67H60N4O14/c1-67(2,45-15-23-49(24-16-45)84-51-27-29-53-55(41-51)65(80)70(63(53)78)47-19-11-43(12-20-47)35-39-82-61(76)9-5-3-7-37-68-57(72)31-32-58(68)73)46-17-25-50(26-18-46)85-52-28-30-54-56(42-52)66(81)71(64(54)79)48-21-13-44(14-22-48)36-40-83-62(77)10-6-4-8-38-69-59(74)33-34-60(69)75/h11-34,41-42H,3-10,35-40H2,1-2H3. The molecule has 0 fully saturated rings. The van der Waals surface area contributed by atoms with Crippen molar-refractivity contribution in [2.75, 3.05) is 36.1 Å². The lowest BCUT2D eigenvalue weighted by atomic mass is 9.78. The van der Waals surface area contributed by atoms with Crippen LogP contribution in [-0.2, 0) is 56.5 Å². The fourth-order valence-electron chi connectivity index (χ4n) is 10.4. The summed E-state index contributed by atoms with van der Waals surface area (Å²) in [6, 6.07) is 38.7. The van der Waals surface area contributed by atoms with Crippen LogP contribution in [0.3, 0.4) is 0 Å². The number of carbonyl (C=O) groups is 10. The maximum absolute atomic E-state index is 13.7. The molecule has 0 unspecified atom stereocenters. The number of anilines is 2. The van der Waals surface area contributed by atoms with Crippen molar-refractivity contribution >= 4 is 70.6 Å². The number of esters is 2. The molecule has 0 bridgehead atoms. The molecule has 6 aromatic rings. The molecule has 0 saturated carbocycles. The van der Waals surface area contributed by atoms with E-state index in [1.807, 2.05) is 48.5 Å². The zero-order valence-electron chi connectivity index (χ0n) is 46.9. The molecular weight excluding hydrogens is 1080 g/mol. The number of imide groups is 4. The molecule has 432 valence electrons. The molecule has 4 aliphatic rings. The monoisotopic (exact) mass is 1140 g/mol. The van der Waals surface area contributed by atoms with Crippen LogP contribution < -0.4 is 19.3 Å². The zero-order chi connectivity index (χ0) is 59.8. The highest BCUT2D eigenvalue weighted by molar-refractivity contribution is 6.35. The van der Waals surface area contributed by atoms with Crippen molar-refractivity contribution in [3.05, 3.63) is 202 Å². The van der Waals surface area contributed by atoms with Crippen molar-refractivity contribution in [2.24, 2.45) is 0 Å². The van der Waals surface area contributed by atoms with Gasteiger partial charge >= 0.3 is 11.9 Å². The van der Waals surface area contributed by atoms with Gasteiger partial charge in [-0.05, 0) is 133 Å². The fraction of sp³-hybridized carbons (Fsp3) is 0.254. The number of fused-ring (bicyclic) bond motifs is 2. The molecule has 4 aliphatic heterocycles. The van der Waals surface area contributed by atoms with Gasteiger partial charge in [0, 0.05) is 68.5 Å². The van der Waals surface area contributed by atoms with Gasteiger partial charge in [0.05, 0.1) is 46.8 Å². The van der Waals surface area contributed by atoms with Gasteiger partial charge < -0.3 is 18.9 Å². The third-order valence-electron chi connectivity index (χ3n) is 15.4. The first-order valence-corrected chi connectivity index (χ1v) is 28.2. The highest BCUT2D eigenvalue weighted by Gasteiger charge is 2.39. The number of amides is 8. The highest BCUT2D eigenvalue weighted by atomic mass is 16.5. The summed E-state index contributed by atoms with van der Waals surface area (Å²) in [4.78, 5) is 130. The highest BCUT2D eigenvalue weighted by Crippen LogP contribution is 2.38. The predicted molar refractivity (Wildman–Crippen MR) is 311 cm³/mol. The maximum atomic E-state index is 13.7. The van der Waals surface area contributed by atoms with E-state index in [9.17, 15) is 47.9 Å². The Morgan fingerprint density at radius 3 is 1.09 bits per heavy atom. The molecule has 0 atom stereocenters. The van der Waals surface area contributed by atoms with Crippen LogP contribution in [0, 0.1) is 0 Å². The van der Waals surface area contributed by atoms with Crippen molar-refractivity contribution in [1.29, 1.82) is 0 Å². The van der Waals surface area contributed by atoms with Crippen molar-refractivity contribution in [3.63, 3.8) is 0 Å². The number of rotatable bonds is 26. The third-order valence-corrected chi connectivity index (χ3v) is 15.4. The molecule has 0 aromatic heterocycles. The Labute approximate surface area is 490 Å². The minimum atomic E-state index is -0.479. The summed E-state index contributed by atoms with van der Waals surface area (Å²) < 4.78 is 23.2. The minimum absolute atomic E-state index is 0.160. The maximum Gasteiger partial charge on any atom is 0.305 e. The third kappa shape index (κ3) is 13.2. The second-order valence-electron chi connectivity index (χ2n) is 21.4. The smallest absolute Gasteiger partial charge is 0.305 e. The largest absolute Gasteiger partial charge is 0.465 e. The van der Waals surface area contributed by atoms with E-state index in [4.69, 9.17) is 18.9 Å². The first-order valence-electron chi connectivity index (χ1n) is 28.2. The van der Waals surface area contributed by atoms with E-state index in [0.29, 0.717) is 98.8 Å². The van der Waals surface area contributed by atoms with Gasteiger partial charge in [0.25, 0.3) is 47.3 Å². The fourth-order valence-corrected chi connectivity index (χ4v) is 10.4. The number of carbonyl (C=O) groups excluding carboxylic acids is 10. The van der Waals surface area contributed by atoms with Crippen LogP contribution in [0.2, 0.25) is 0 Å². The molecule has 0 aliphatic carbocycles. The topological polar surface area (TPSA) is 221 Å². The van der Waals surface area contributed by atoms with Crippen LogP contribution in [0.5, 0.6) is 23.0 Å². The number of ether oxygens (including phenoxy) is 4. The van der Waals surface area contributed by atoms with Crippen LogP contribution in [-0.4, -0.2) is 95.3 Å². The Balaban J connectivity index is 0.659. The van der Waals surface area contributed by atoms with Crippen LogP contribution >= 0.6 is 0 Å². The van der Waals surface area contributed by atoms with E-state index in [1.54, 1.807) is 84.9 Å². The Kier molecular flexibility index (Phi) is 17.5. The summed E-state index contributed by atoms with van der Waals surface area (Å²) in [6.07, 6.45) is 10.0. The Bertz CT molecular complexity index is 3420. The van der Waals surface area contributed by atoms with Gasteiger partial charge in [-0.3, -0.25) is 57.7 Å². The SMILES string of the molecule is CC(C)(c1ccc(Oc2ccc3c(c2)C(=O)N(c2ccc(CCOC(=O)CCCCCN4C(=O)C=CC4=O)cc2)C3=O)cc1)c1ccc(Oc2ccc3c(c2)C(=O)N(c2ccc(CCOC(=O)CCCCCN4C(=O)C=CC4=O)cc2)C3=O)cc1. The van der Waals surface area contributed by atoms with E-state index < -0.39 is 29.0 Å². The summed E-state index contributed by atoms with van der Waals surface area (Å²) in [5.74, 6) is -1.99. The first kappa shape index (κ1) is 58.1. The van der Waals surface area contributed by atoms with Gasteiger partial charge in [-0.2, -0.15) is 0 Å². The van der Waals surface area contributed by atoms with E-state index in [2.05, 4.69) is 13.8 Å². The number of hydrogen-bond donors (Lipinski definition) is 0. The molecular formula is C67H60N4O14. The lowest BCUT2D eigenvalue weighted by Gasteiger charge is -2.26. The zero-order valence-corrected chi connectivity index (χ0v) is 46.9. The number of nitrogens with zero attached hydrogens (tertiary/aromatic N) is 4. The van der Waals surface area contributed by atoms with Crippen LogP contribution in [0.15, 0.2) is 158 Å². The molecule has 0 N–H and O–H groups in total. The van der Waals surface area contributed by atoms with Gasteiger partial charge in [-0.15, -0.1) is 0 Å². The minimum Gasteiger partial charge on any atom is -0.465 e. The first-order chi connectivity index (χ1) is 41.0. The molecule has 18 nitrogen and oxygen atoms in total. The van der Waals surface area contributed by atoms with E-state index in [0.717, 1.165) is 32.1 Å². The Morgan fingerprint density at radius 1 is 0.388 bits per heavy atom. The molecule has 8 amide bonds. The molecule has 0 spiro atoms. The molecule has 0 saturated heterocycles. The van der Waals surface area contributed by atoms with E-state index in [1.165, 1.54) is 34.1 Å². The summed E-state index contributed by atoms with van der Waals surface area (Å²) in [5.41, 5.74) is 5.00. The van der Waals surface area contributed by atoms with E-state index >= 15 is 0 Å². The van der Waals surface area contributed by atoms with Crippen molar-refractivity contribution < 1.29 is 66.9 Å². The van der Waals surface area contributed by atoms with Gasteiger partial charge in [0.1, 0.15) is 23.0 Å². The summed E-state index contributed by atoms with van der Waals surface area (Å²) in [7, 11) is 0. The van der Waals surface area contributed by atoms with Crippen molar-refractivity contribution in [2.45, 2.75) is 83.5 Å². The molecule has 4 heterocycles. The van der Waals surface area contributed by atoms with Crippen LogP contribution in [0.4, 0.5) is 11.4 Å². The average Bonchev–Trinajstić information content (AvgIpc) is 4.34. The van der Waals surface area contributed by atoms with Crippen LogP contribution in [0.25, 0.3) is 0 Å². The summed E-state index contributed by atoms with van der Waals surface area (Å²) >= 11 is 0. The Hall–Kier alpha value is -10.1. The molecule has 0 radical (unpaired) electrons. The molecule has 10 rings (SSSR count). The van der Waals surface area contributed by atoms with Crippen LogP contribution in [0.1, 0.15) is 129 Å². The second kappa shape index (κ2) is 25.6. The van der Waals surface area contributed by atoms with Crippen molar-refractivity contribution in [3.8, 4) is 23.0 Å².